The summed E-state index contributed by atoms with van der Waals surface area (Å²) in [5.74, 6) is 0.0458. The molecule has 2 aromatic heterocycles. The molecule has 1 atom stereocenters. The molecular weight excluding hydrogens is 382 g/mol. The number of rotatable bonds is 3. The largest absolute Gasteiger partial charge is 0.573 e. The SMILES string of the molecule is Cc1nc(C2=CSC(=C(O)c3cn([P+](=O)[O-])c4c3=CCCC=4F)N2)no1. The number of aliphatic hydroxyl groups excluding tert-OH is 1. The van der Waals surface area contributed by atoms with Gasteiger partial charge in [0.2, 0.25) is 11.7 Å². The Hall–Kier alpha value is -2.42. The maximum atomic E-state index is 14.2. The third-order valence-electron chi connectivity index (χ3n) is 3.95. The summed E-state index contributed by atoms with van der Waals surface area (Å²) >= 11 is 1.19. The minimum Gasteiger partial charge on any atom is -0.573 e. The first-order valence-electron chi connectivity index (χ1n) is 7.58. The van der Waals surface area contributed by atoms with Crippen LogP contribution in [0.25, 0.3) is 23.4 Å². The maximum absolute atomic E-state index is 14.2. The van der Waals surface area contributed by atoms with Gasteiger partial charge in [0.25, 0.3) is 0 Å². The molecule has 2 aliphatic rings. The Morgan fingerprint density at radius 2 is 2.38 bits per heavy atom. The molecule has 4 rings (SSSR count). The van der Waals surface area contributed by atoms with Gasteiger partial charge in [-0.25, -0.2) is 4.39 Å². The van der Waals surface area contributed by atoms with Crippen molar-refractivity contribution in [1.29, 1.82) is 0 Å². The molecule has 8 nitrogen and oxygen atoms in total. The summed E-state index contributed by atoms with van der Waals surface area (Å²) in [5, 5.41) is 19.8. The Morgan fingerprint density at radius 3 is 3.08 bits per heavy atom. The van der Waals surface area contributed by atoms with Crippen molar-refractivity contribution in [2.24, 2.45) is 0 Å². The van der Waals surface area contributed by atoms with Gasteiger partial charge in [0.15, 0.2) is 5.76 Å². The number of aromatic nitrogens is 3. The smallest absolute Gasteiger partial charge is 0.444 e. The van der Waals surface area contributed by atoms with Crippen LogP contribution in [0.3, 0.4) is 0 Å². The molecule has 0 radical (unpaired) electrons. The van der Waals surface area contributed by atoms with Crippen LogP contribution in [0.15, 0.2) is 21.2 Å². The Morgan fingerprint density at radius 1 is 1.58 bits per heavy atom. The quantitative estimate of drug-likeness (QED) is 0.590. The molecule has 3 heterocycles. The molecule has 0 spiro atoms. The van der Waals surface area contributed by atoms with Gasteiger partial charge < -0.3 is 19.8 Å². The third kappa shape index (κ3) is 2.76. The van der Waals surface area contributed by atoms with E-state index in [1.807, 2.05) is 0 Å². The number of thioether (sulfide) groups is 1. The minimum atomic E-state index is -3.07. The molecule has 2 N–H and O–H groups in total. The van der Waals surface area contributed by atoms with Crippen LogP contribution in [0.5, 0.6) is 0 Å². The van der Waals surface area contributed by atoms with Crippen molar-refractivity contribution in [2.75, 3.05) is 0 Å². The van der Waals surface area contributed by atoms with E-state index in [1.165, 1.54) is 18.0 Å². The lowest BCUT2D eigenvalue weighted by Gasteiger charge is -2.05. The van der Waals surface area contributed by atoms with Crippen LogP contribution in [0.2, 0.25) is 0 Å². The predicted molar refractivity (Wildman–Crippen MR) is 92.2 cm³/mol. The molecular formula is C15H12FN4O4PS. The summed E-state index contributed by atoms with van der Waals surface area (Å²) < 4.78 is 31.4. The summed E-state index contributed by atoms with van der Waals surface area (Å²) in [6.45, 7) is 1.66. The Balaban J connectivity index is 1.78. The number of nitrogens with one attached hydrogen (secondary N) is 1. The molecule has 26 heavy (non-hydrogen) atoms. The van der Waals surface area contributed by atoms with Crippen LogP contribution >= 0.6 is 19.9 Å². The van der Waals surface area contributed by atoms with E-state index < -0.39 is 14.0 Å². The predicted octanol–water partition coefficient (Wildman–Crippen LogP) is 1.22. The fourth-order valence-electron chi connectivity index (χ4n) is 2.82. The van der Waals surface area contributed by atoms with E-state index in [2.05, 4.69) is 15.5 Å². The van der Waals surface area contributed by atoms with Gasteiger partial charge in [0.05, 0.1) is 11.9 Å². The molecule has 0 amide bonds. The normalized spacial score (nSPS) is 18.8. The number of hydrogen-bond donors (Lipinski definition) is 2. The van der Waals surface area contributed by atoms with Crippen molar-refractivity contribution in [3.05, 3.63) is 44.5 Å². The van der Waals surface area contributed by atoms with E-state index in [4.69, 9.17) is 4.52 Å². The van der Waals surface area contributed by atoms with E-state index in [0.29, 0.717) is 34.1 Å². The molecule has 2 aromatic rings. The van der Waals surface area contributed by atoms with Crippen LogP contribution in [-0.4, -0.2) is 19.6 Å². The maximum Gasteiger partial charge on any atom is 0.444 e. The number of hydrogen-bond acceptors (Lipinski definition) is 8. The Bertz CT molecular complexity index is 1120. The van der Waals surface area contributed by atoms with E-state index >= 15 is 0 Å². The van der Waals surface area contributed by atoms with Crippen molar-refractivity contribution in [1.82, 2.24) is 19.8 Å². The molecule has 1 unspecified atom stereocenters. The second-order valence-corrected chi connectivity index (χ2v) is 7.41. The van der Waals surface area contributed by atoms with Gasteiger partial charge >= 0.3 is 8.18 Å². The average Bonchev–Trinajstić information content (AvgIpc) is 3.31. The van der Waals surface area contributed by atoms with Gasteiger partial charge in [-0.2, -0.15) is 4.98 Å². The lowest BCUT2D eigenvalue weighted by atomic mass is 10.1. The van der Waals surface area contributed by atoms with Crippen molar-refractivity contribution in [3.63, 3.8) is 0 Å². The fourth-order valence-corrected chi connectivity index (χ4v) is 4.20. The molecule has 134 valence electrons. The summed E-state index contributed by atoms with van der Waals surface area (Å²) in [6, 6.07) is 0. The Kier molecular flexibility index (Phi) is 4.18. The number of aliphatic hydroxyl groups is 1. The van der Waals surface area contributed by atoms with E-state index in [9.17, 15) is 19.0 Å². The van der Waals surface area contributed by atoms with Crippen LogP contribution < -0.4 is 20.8 Å². The van der Waals surface area contributed by atoms with Gasteiger partial charge in [-0.3, -0.25) is 0 Å². The zero-order valence-corrected chi connectivity index (χ0v) is 15.1. The second kappa shape index (κ2) is 6.39. The number of fused-ring (bicyclic) bond motifs is 1. The highest BCUT2D eigenvalue weighted by atomic mass is 32.2. The van der Waals surface area contributed by atoms with Crippen molar-refractivity contribution < 1.29 is 23.5 Å². The first kappa shape index (κ1) is 17.0. The van der Waals surface area contributed by atoms with Crippen molar-refractivity contribution in [3.8, 4) is 0 Å². The third-order valence-corrected chi connectivity index (χ3v) is 5.50. The van der Waals surface area contributed by atoms with E-state index in [-0.39, 0.29) is 23.1 Å². The number of nitrogens with zero attached hydrogens (tertiary/aromatic N) is 3. The van der Waals surface area contributed by atoms with Gasteiger partial charge in [0, 0.05) is 29.5 Å². The number of halogens is 1. The topological polar surface area (TPSA) is 116 Å². The lowest BCUT2D eigenvalue weighted by molar-refractivity contribution is -0.167. The van der Waals surface area contributed by atoms with E-state index in [0.717, 1.165) is 4.34 Å². The van der Waals surface area contributed by atoms with Crippen LogP contribution in [-0.2, 0) is 4.57 Å². The van der Waals surface area contributed by atoms with Gasteiger partial charge in [-0.1, -0.05) is 23.0 Å². The van der Waals surface area contributed by atoms with E-state index in [1.54, 1.807) is 18.4 Å². The minimum absolute atomic E-state index is 0.0283. The highest BCUT2D eigenvalue weighted by molar-refractivity contribution is 8.06. The summed E-state index contributed by atoms with van der Waals surface area (Å²) in [6.07, 6.45) is 3.50. The molecule has 1 aliphatic carbocycles. The van der Waals surface area contributed by atoms with Gasteiger partial charge in [-0.05, 0) is 11.0 Å². The fraction of sp³-hybridized carbons (Fsp3) is 0.200. The van der Waals surface area contributed by atoms with Crippen LogP contribution in [0.1, 0.15) is 30.1 Å². The zero-order valence-electron chi connectivity index (χ0n) is 13.4. The van der Waals surface area contributed by atoms with Crippen LogP contribution in [0, 0.1) is 6.92 Å². The highest BCUT2D eigenvalue weighted by Gasteiger charge is 2.25. The molecule has 1 aliphatic heterocycles. The highest BCUT2D eigenvalue weighted by Crippen LogP contribution is 2.33. The summed E-state index contributed by atoms with van der Waals surface area (Å²) in [7, 11) is -3.07. The van der Waals surface area contributed by atoms with Crippen LogP contribution in [0.4, 0.5) is 4.39 Å². The van der Waals surface area contributed by atoms with Gasteiger partial charge in [0.1, 0.15) is 16.2 Å². The average molecular weight is 394 g/mol. The second-order valence-electron chi connectivity index (χ2n) is 5.62. The standard InChI is InChI=1S/C15H12FN4O4PS/c1-7-17-14(19-24-7)11-6-26-15(18-11)13(21)9-5-20(25(22)23)12-8(9)3-2-4-10(12)16/h3,5-6,18,21H,2,4H2,1H3. The molecule has 0 aromatic carbocycles. The molecule has 0 saturated heterocycles. The zero-order chi connectivity index (χ0) is 18.4. The molecule has 11 heteroatoms. The Labute approximate surface area is 151 Å². The van der Waals surface area contributed by atoms with Gasteiger partial charge in [-0.15, -0.1) is 4.34 Å². The monoisotopic (exact) mass is 394 g/mol. The number of aryl methyl sites for hydroxylation is 1. The van der Waals surface area contributed by atoms with Crippen molar-refractivity contribution >= 4 is 43.3 Å². The summed E-state index contributed by atoms with van der Waals surface area (Å²) in [4.78, 5) is 15.6. The molecule has 0 fully saturated rings. The first-order chi connectivity index (χ1) is 12.5. The lowest BCUT2D eigenvalue weighted by Crippen LogP contribution is -2.33. The first-order valence-corrected chi connectivity index (χ1v) is 9.59. The molecule has 0 bridgehead atoms. The van der Waals surface area contributed by atoms with Crippen molar-refractivity contribution in [2.45, 2.75) is 19.8 Å². The summed E-state index contributed by atoms with van der Waals surface area (Å²) in [5.41, 5.74) is 0.779. The molecule has 0 saturated carbocycles.